The van der Waals surface area contributed by atoms with Gasteiger partial charge in [-0.2, -0.15) is 0 Å². The van der Waals surface area contributed by atoms with E-state index in [-0.39, 0.29) is 0 Å². The first-order chi connectivity index (χ1) is 7.17. The molecule has 0 atom stereocenters. The first-order valence-electron chi connectivity index (χ1n) is 7.17. The normalized spacial score (nSPS) is 15.5. The van der Waals surface area contributed by atoms with Gasteiger partial charge >= 0.3 is 0 Å². The van der Waals surface area contributed by atoms with Crippen LogP contribution >= 0.6 is 0 Å². The molecule has 0 heterocycles. The minimum atomic E-state index is -1.05. The maximum atomic E-state index is 2.69. The lowest BCUT2D eigenvalue weighted by Crippen LogP contribution is -2.82. The smallest absolute Gasteiger partial charge is 0.0376 e. The van der Waals surface area contributed by atoms with Gasteiger partial charge in [-0.25, -0.2) is 0 Å². The van der Waals surface area contributed by atoms with Crippen molar-refractivity contribution >= 4 is 29.4 Å². The summed E-state index contributed by atoms with van der Waals surface area (Å²) >= 11 is 0. The molecule has 0 aliphatic rings. The monoisotopic (exact) mass is 304 g/mol. The Balaban J connectivity index is 5.93. The average molecular weight is 305 g/mol. The molecule has 0 spiro atoms. The predicted octanol–water partition coefficient (Wildman–Crippen LogP) is 5.34. The molecule has 0 nitrogen and oxygen atoms in total. The molecule has 0 aliphatic carbocycles. The highest BCUT2D eigenvalue weighted by Crippen LogP contribution is 2.41. The third-order valence-corrected chi connectivity index (χ3v) is 79.0. The summed E-state index contributed by atoms with van der Waals surface area (Å²) in [6, 6.07) is 1.62. The maximum absolute atomic E-state index is 2.69. The second-order valence-corrected chi connectivity index (χ2v) is 50.7. The van der Waals surface area contributed by atoms with Crippen LogP contribution < -0.4 is 0 Å². The van der Waals surface area contributed by atoms with Gasteiger partial charge in [-0.05, 0) is 0 Å². The first kappa shape index (κ1) is 17.9. The summed E-state index contributed by atoms with van der Waals surface area (Å²) in [5.41, 5.74) is 0. The number of hydrogen-bond donors (Lipinski definition) is 0. The van der Waals surface area contributed by atoms with Gasteiger partial charge in [0.2, 0.25) is 0 Å². The summed E-state index contributed by atoms with van der Waals surface area (Å²) in [5, 5.41) is 0. The molecule has 0 unspecified atom stereocenters. The van der Waals surface area contributed by atoms with E-state index in [0.29, 0.717) is 0 Å². The van der Waals surface area contributed by atoms with Crippen LogP contribution in [-0.2, 0) is 0 Å². The van der Waals surface area contributed by atoms with E-state index in [1.165, 1.54) is 0 Å². The molecule has 0 radical (unpaired) electrons. The topological polar surface area (TPSA) is 0 Å². The van der Waals surface area contributed by atoms with Crippen molar-refractivity contribution in [1.82, 2.24) is 0 Å². The highest BCUT2D eigenvalue weighted by molar-refractivity contribution is 7.89. The highest BCUT2D eigenvalue weighted by Gasteiger charge is 2.60. The summed E-state index contributed by atoms with van der Waals surface area (Å²) in [7, 11) is -3.02. The minimum Gasteiger partial charge on any atom is -0.0718 e. The van der Waals surface area contributed by atoms with Gasteiger partial charge in [0, 0.05) is 29.4 Å². The molecule has 0 bridgehead atoms. The third kappa shape index (κ3) is 3.45. The van der Waals surface area contributed by atoms with Crippen molar-refractivity contribution in [2.45, 2.75) is 78.8 Å². The van der Waals surface area contributed by atoms with Gasteiger partial charge < -0.3 is 0 Å². The standard InChI is InChI=1S/C13H36Si4/c1-13(2)12-17(14(3,4)5,15(6,7)8)16(9,10)11/h13H,12H2,1-11H3. The fourth-order valence-electron chi connectivity index (χ4n) is 4.91. The van der Waals surface area contributed by atoms with Crippen LogP contribution in [0.3, 0.4) is 0 Å². The minimum absolute atomic E-state index is 0.909. The molecule has 0 aromatic heterocycles. The van der Waals surface area contributed by atoms with Crippen LogP contribution in [0.2, 0.25) is 65.0 Å². The summed E-state index contributed by atoms with van der Waals surface area (Å²) in [5.74, 6) is 0.909. The molecule has 104 valence electrons. The van der Waals surface area contributed by atoms with Gasteiger partial charge in [0.25, 0.3) is 0 Å². The Morgan fingerprint density at radius 2 is 0.824 bits per heavy atom. The van der Waals surface area contributed by atoms with Crippen molar-refractivity contribution < 1.29 is 0 Å². The van der Waals surface area contributed by atoms with Gasteiger partial charge in [-0.1, -0.05) is 84.7 Å². The SMILES string of the molecule is CC(C)C[Si]([Si](C)(C)C)([Si](C)(C)C)[Si](C)(C)C. The average Bonchev–Trinajstić information content (AvgIpc) is 1.91. The van der Waals surface area contributed by atoms with Crippen molar-refractivity contribution in [3.63, 3.8) is 0 Å². The van der Waals surface area contributed by atoms with Crippen LogP contribution in [0.25, 0.3) is 0 Å². The molecule has 0 fully saturated rings. The van der Waals surface area contributed by atoms with Crippen molar-refractivity contribution in [2.24, 2.45) is 5.92 Å². The molecule has 0 amide bonds. The van der Waals surface area contributed by atoms with E-state index in [1.807, 2.05) is 0 Å². The van der Waals surface area contributed by atoms with Gasteiger partial charge in [0.1, 0.15) is 0 Å². The quantitative estimate of drug-likeness (QED) is 0.601. The molecule has 4 heteroatoms. The Hall–Kier alpha value is 0.868. The van der Waals surface area contributed by atoms with Crippen LogP contribution in [0.15, 0.2) is 0 Å². The number of hydrogen-bond acceptors (Lipinski definition) is 0. The Morgan fingerprint density at radius 1 is 0.588 bits per heavy atom. The lowest BCUT2D eigenvalue weighted by molar-refractivity contribution is 0.728. The van der Waals surface area contributed by atoms with Crippen LogP contribution in [-0.4, -0.2) is 29.4 Å². The van der Waals surface area contributed by atoms with Crippen LogP contribution in [0.1, 0.15) is 13.8 Å². The van der Waals surface area contributed by atoms with Crippen molar-refractivity contribution in [3.05, 3.63) is 0 Å². The van der Waals surface area contributed by atoms with Gasteiger partial charge in [0.15, 0.2) is 0 Å². The number of rotatable bonds is 5. The molecule has 0 aliphatic heterocycles. The lowest BCUT2D eigenvalue weighted by Gasteiger charge is -2.58. The van der Waals surface area contributed by atoms with Gasteiger partial charge in [0.05, 0.1) is 0 Å². The predicted molar refractivity (Wildman–Crippen MR) is 95.4 cm³/mol. The van der Waals surface area contributed by atoms with Gasteiger partial charge in [-0.15, -0.1) is 0 Å². The van der Waals surface area contributed by atoms with E-state index in [1.54, 1.807) is 6.04 Å². The van der Waals surface area contributed by atoms with Crippen LogP contribution in [0, 0.1) is 5.92 Å². The van der Waals surface area contributed by atoms with Crippen LogP contribution in [0.5, 0.6) is 0 Å². The fourth-order valence-corrected chi connectivity index (χ4v) is 105. The van der Waals surface area contributed by atoms with E-state index in [2.05, 4.69) is 72.8 Å². The van der Waals surface area contributed by atoms with E-state index in [4.69, 9.17) is 0 Å². The van der Waals surface area contributed by atoms with E-state index < -0.39 is 29.4 Å². The lowest BCUT2D eigenvalue weighted by atomic mass is 10.3. The third-order valence-electron chi connectivity index (χ3n) is 4.56. The van der Waals surface area contributed by atoms with Crippen molar-refractivity contribution in [3.8, 4) is 0 Å². The zero-order chi connectivity index (χ0) is 14.3. The summed E-state index contributed by atoms with van der Waals surface area (Å²) < 4.78 is 0. The molecule has 17 heavy (non-hydrogen) atoms. The fraction of sp³-hybridized carbons (Fsp3) is 1.00. The molecule has 0 aromatic rings. The Morgan fingerprint density at radius 3 is 0.882 bits per heavy atom. The van der Waals surface area contributed by atoms with Crippen LogP contribution in [0.4, 0.5) is 0 Å². The second-order valence-electron chi connectivity index (χ2n) is 9.25. The first-order valence-corrected chi connectivity index (χ1v) is 22.9. The Labute approximate surface area is 114 Å². The molecular weight excluding hydrogens is 268 g/mol. The van der Waals surface area contributed by atoms with E-state index in [0.717, 1.165) is 5.92 Å². The molecule has 0 saturated heterocycles. The highest BCUT2D eigenvalue weighted by atomic mass is 29.9. The van der Waals surface area contributed by atoms with Crippen molar-refractivity contribution in [2.75, 3.05) is 0 Å². The summed E-state index contributed by atoms with van der Waals surface area (Å²) in [6.07, 6.45) is 0. The largest absolute Gasteiger partial charge is 0.0718 e. The van der Waals surface area contributed by atoms with Gasteiger partial charge in [-0.3, -0.25) is 0 Å². The van der Waals surface area contributed by atoms with Crippen molar-refractivity contribution in [1.29, 1.82) is 0 Å². The molecule has 0 aromatic carbocycles. The maximum Gasteiger partial charge on any atom is 0.0376 e. The molecule has 0 N–H and O–H groups in total. The zero-order valence-electron chi connectivity index (χ0n) is 14.3. The Bertz CT molecular complexity index is 214. The van der Waals surface area contributed by atoms with E-state index >= 15 is 0 Å². The molecule has 0 saturated carbocycles. The zero-order valence-corrected chi connectivity index (χ0v) is 18.3. The second kappa shape index (κ2) is 5.10. The molecular formula is C13H36Si4. The Kier molecular flexibility index (Phi) is 5.36. The molecule has 0 rings (SSSR count). The van der Waals surface area contributed by atoms with E-state index in [9.17, 15) is 0 Å². The summed E-state index contributed by atoms with van der Waals surface area (Å²) in [6.45, 7) is 28.1. The summed E-state index contributed by atoms with van der Waals surface area (Å²) in [4.78, 5) is 0.